The maximum absolute atomic E-state index is 12.6. The summed E-state index contributed by atoms with van der Waals surface area (Å²) in [4.78, 5) is 27.5. The van der Waals surface area contributed by atoms with Gasteiger partial charge >= 0.3 is 0 Å². The van der Waals surface area contributed by atoms with Crippen molar-refractivity contribution in [2.75, 3.05) is 6.61 Å². The molecule has 0 aromatic carbocycles. The third-order valence-electron chi connectivity index (χ3n) is 8.88. The lowest BCUT2D eigenvalue weighted by atomic mass is 9.56. The summed E-state index contributed by atoms with van der Waals surface area (Å²) in [7, 11) is 0. The van der Waals surface area contributed by atoms with Crippen molar-refractivity contribution in [1.29, 1.82) is 0 Å². The number of allylic oxidation sites excluding steroid dienone is 1. The zero-order valence-electron chi connectivity index (χ0n) is 19.8. The number of Topliss-reactive ketones (excluding diaryl/α,β-unsaturated/α-hetero) is 1. The molecule has 2 heterocycles. The Balaban J connectivity index is 1.49. The molecule has 0 N–H and O–H groups in total. The van der Waals surface area contributed by atoms with E-state index in [1.165, 1.54) is 30.4 Å². The molecule has 5 heteroatoms. The van der Waals surface area contributed by atoms with Gasteiger partial charge in [-0.05, 0) is 74.5 Å². The summed E-state index contributed by atoms with van der Waals surface area (Å²) in [5.74, 6) is 3.03. The molecule has 33 heavy (non-hydrogen) atoms. The van der Waals surface area contributed by atoms with Gasteiger partial charge in [-0.25, -0.2) is 4.98 Å². The first-order valence-corrected chi connectivity index (χ1v) is 12.8. The van der Waals surface area contributed by atoms with E-state index in [0.29, 0.717) is 24.0 Å². The molecule has 3 atom stereocenters. The number of pyridine rings is 1. The molecule has 0 aliphatic heterocycles. The fourth-order valence-electron chi connectivity index (χ4n) is 6.54. The van der Waals surface area contributed by atoms with Crippen LogP contribution in [0.5, 0.6) is 5.88 Å². The van der Waals surface area contributed by atoms with Gasteiger partial charge in [0.05, 0.1) is 18.0 Å². The zero-order valence-corrected chi connectivity index (χ0v) is 19.8. The third-order valence-corrected chi connectivity index (χ3v) is 8.88. The van der Waals surface area contributed by atoms with Gasteiger partial charge in [0.1, 0.15) is 5.78 Å². The third kappa shape index (κ3) is 3.43. The second kappa shape index (κ2) is 8.03. The highest BCUT2D eigenvalue weighted by atomic mass is 16.5. The maximum Gasteiger partial charge on any atom is 0.220 e. The van der Waals surface area contributed by atoms with Crippen LogP contribution >= 0.6 is 0 Å². The lowest BCUT2D eigenvalue weighted by Gasteiger charge is -2.48. The number of hydrogen-bond donors (Lipinski definition) is 0. The number of aromatic nitrogens is 3. The fraction of sp³-hybridized carbons (Fsp3) is 0.571. The molecule has 0 amide bonds. The number of ketones is 1. The minimum atomic E-state index is -0.111. The van der Waals surface area contributed by atoms with Crippen LogP contribution in [-0.4, -0.2) is 27.3 Å². The molecule has 0 radical (unpaired) electrons. The van der Waals surface area contributed by atoms with Crippen LogP contribution in [0.15, 0.2) is 18.3 Å². The predicted octanol–water partition coefficient (Wildman–Crippen LogP) is 5.50. The van der Waals surface area contributed by atoms with Crippen molar-refractivity contribution in [2.24, 2.45) is 17.8 Å². The van der Waals surface area contributed by atoms with Crippen molar-refractivity contribution in [2.45, 2.75) is 77.0 Å². The van der Waals surface area contributed by atoms with E-state index in [1.54, 1.807) is 0 Å². The first-order valence-electron chi connectivity index (χ1n) is 12.8. The van der Waals surface area contributed by atoms with E-state index >= 15 is 0 Å². The van der Waals surface area contributed by atoms with Gasteiger partial charge in [0, 0.05) is 35.1 Å². The van der Waals surface area contributed by atoms with Crippen LogP contribution in [0.25, 0.3) is 17.5 Å². The predicted molar refractivity (Wildman–Crippen MR) is 128 cm³/mol. The Hall–Kier alpha value is -2.56. The highest BCUT2D eigenvalue weighted by Crippen LogP contribution is 2.52. The number of rotatable bonds is 4. The molecule has 172 valence electrons. The number of nitrogens with zero attached hydrogens (tertiary/aromatic N) is 3. The van der Waals surface area contributed by atoms with Crippen molar-refractivity contribution >= 4 is 11.9 Å². The smallest absolute Gasteiger partial charge is 0.220 e. The average Bonchev–Trinajstić information content (AvgIpc) is 2.80. The topological polar surface area (TPSA) is 65.0 Å². The highest BCUT2D eigenvalue weighted by Gasteiger charge is 2.50. The minimum Gasteiger partial charge on any atom is -0.477 e. The van der Waals surface area contributed by atoms with Gasteiger partial charge in [0.2, 0.25) is 5.88 Å². The Labute approximate surface area is 196 Å². The maximum atomic E-state index is 12.6. The van der Waals surface area contributed by atoms with E-state index in [2.05, 4.69) is 37.0 Å². The quantitative estimate of drug-likeness (QED) is 0.625. The van der Waals surface area contributed by atoms with E-state index in [0.717, 1.165) is 67.4 Å². The van der Waals surface area contributed by atoms with Crippen LogP contribution in [0, 0.1) is 17.8 Å². The van der Waals surface area contributed by atoms with Crippen LogP contribution in [0.1, 0.15) is 81.3 Å². The number of hydrogen-bond acceptors (Lipinski definition) is 5. The Morgan fingerprint density at radius 3 is 2.82 bits per heavy atom. The van der Waals surface area contributed by atoms with E-state index in [1.807, 2.05) is 6.20 Å². The number of carbonyl (C=O) groups is 1. The number of carbonyl (C=O) groups excluding carboxylic acids is 1. The Morgan fingerprint density at radius 1 is 1.12 bits per heavy atom. The van der Waals surface area contributed by atoms with Crippen molar-refractivity contribution in [3.05, 3.63) is 40.9 Å². The Kier molecular flexibility index (Phi) is 5.11. The Morgan fingerprint density at radius 2 is 2.00 bits per heavy atom. The lowest BCUT2D eigenvalue weighted by molar-refractivity contribution is -0.128. The molecule has 4 aliphatic carbocycles. The van der Waals surface area contributed by atoms with Crippen molar-refractivity contribution in [3.63, 3.8) is 0 Å². The first-order chi connectivity index (χ1) is 16.0. The summed E-state index contributed by atoms with van der Waals surface area (Å²) in [6.45, 7) is 5.20. The van der Waals surface area contributed by atoms with Gasteiger partial charge in [-0.15, -0.1) is 0 Å². The first kappa shape index (κ1) is 21.0. The van der Waals surface area contributed by atoms with Gasteiger partial charge in [0.15, 0.2) is 5.82 Å². The van der Waals surface area contributed by atoms with Crippen LogP contribution in [0.2, 0.25) is 0 Å². The van der Waals surface area contributed by atoms with Crippen LogP contribution in [-0.2, 0) is 23.1 Å². The van der Waals surface area contributed by atoms with Gasteiger partial charge < -0.3 is 4.74 Å². The molecule has 2 aromatic heterocycles. The van der Waals surface area contributed by atoms with Crippen LogP contribution in [0.3, 0.4) is 0 Å². The van der Waals surface area contributed by atoms with Crippen molar-refractivity contribution < 1.29 is 9.53 Å². The standard InChI is InChI=1S/C28H33N3O2/c1-17-22-11-10-21-25(28(22,2)14-12-24(17)32)30-26(31-27(21)33-16-18-6-5-7-18)20-13-15-29-23-9-4-3-8-19(20)23/h4,9,13,15,17-18,22H,3,5-8,10-12,14,16H2,1-2H3/t17-,22-,28-/m1/s1. The van der Waals surface area contributed by atoms with E-state index in [-0.39, 0.29) is 11.3 Å². The van der Waals surface area contributed by atoms with Crippen molar-refractivity contribution in [1.82, 2.24) is 15.0 Å². The van der Waals surface area contributed by atoms with Crippen LogP contribution in [0.4, 0.5) is 0 Å². The lowest BCUT2D eigenvalue weighted by Crippen LogP contribution is -2.47. The summed E-state index contributed by atoms with van der Waals surface area (Å²) < 4.78 is 6.44. The minimum absolute atomic E-state index is 0.0912. The SMILES string of the molecule is C[C@H]1C(=O)CC[C@@]2(C)c3nc(-c4ccnc5c4CCC=C5)nc(OCC4CCC4)c3CC[C@H]12. The largest absolute Gasteiger partial charge is 0.477 e. The molecule has 2 fully saturated rings. The molecular weight excluding hydrogens is 410 g/mol. The molecule has 0 unspecified atom stereocenters. The van der Waals surface area contributed by atoms with Gasteiger partial charge in [-0.1, -0.05) is 26.3 Å². The molecule has 6 rings (SSSR count). The van der Waals surface area contributed by atoms with E-state index in [9.17, 15) is 4.79 Å². The number of ether oxygens (including phenoxy) is 1. The fourth-order valence-corrected chi connectivity index (χ4v) is 6.54. The molecule has 0 bridgehead atoms. The van der Waals surface area contributed by atoms with Gasteiger partial charge in [-0.2, -0.15) is 4.98 Å². The molecule has 0 spiro atoms. The summed E-state index contributed by atoms with van der Waals surface area (Å²) in [5.41, 5.74) is 5.53. The summed E-state index contributed by atoms with van der Waals surface area (Å²) >= 11 is 0. The Bertz CT molecular complexity index is 1140. The molecule has 2 aromatic rings. The van der Waals surface area contributed by atoms with Gasteiger partial charge in [0.25, 0.3) is 0 Å². The molecule has 4 aliphatic rings. The van der Waals surface area contributed by atoms with E-state index < -0.39 is 0 Å². The zero-order chi connectivity index (χ0) is 22.6. The average molecular weight is 444 g/mol. The normalized spacial score (nSPS) is 28.5. The molecule has 5 nitrogen and oxygen atoms in total. The second-order valence-electron chi connectivity index (χ2n) is 10.8. The number of fused-ring (bicyclic) bond motifs is 4. The molecule has 2 saturated carbocycles. The molecule has 0 saturated heterocycles. The second-order valence-corrected chi connectivity index (χ2v) is 10.8. The monoisotopic (exact) mass is 443 g/mol. The summed E-state index contributed by atoms with van der Waals surface area (Å²) in [5, 5.41) is 0. The summed E-state index contributed by atoms with van der Waals surface area (Å²) in [6, 6.07) is 2.06. The van der Waals surface area contributed by atoms with Gasteiger partial charge in [-0.3, -0.25) is 9.78 Å². The van der Waals surface area contributed by atoms with Crippen molar-refractivity contribution in [3.8, 4) is 17.3 Å². The highest BCUT2D eigenvalue weighted by molar-refractivity contribution is 5.82. The van der Waals surface area contributed by atoms with E-state index in [4.69, 9.17) is 14.7 Å². The summed E-state index contributed by atoms with van der Waals surface area (Å²) in [6.07, 6.45) is 15.4. The molecular formula is C28H33N3O2. The van der Waals surface area contributed by atoms with Crippen LogP contribution < -0.4 is 4.74 Å².